The molecule has 0 spiro atoms. The molecule has 0 radical (unpaired) electrons. The minimum absolute atomic E-state index is 0.694. The molecule has 0 aliphatic carbocycles. The van der Waals surface area contributed by atoms with E-state index in [0.717, 1.165) is 12.4 Å². The second-order valence-corrected chi connectivity index (χ2v) is 4.87. The molecule has 0 saturated heterocycles. The summed E-state index contributed by atoms with van der Waals surface area (Å²) in [6.45, 7) is 11.4. The lowest BCUT2D eigenvalue weighted by molar-refractivity contribution is 0.291. The molecule has 1 atom stereocenters. The molecule has 0 saturated carbocycles. The molecule has 0 bridgehead atoms. The Morgan fingerprint density at radius 1 is 1.53 bits per heavy atom. The number of hydrogen-bond donors (Lipinski definition) is 0. The fourth-order valence-electron chi connectivity index (χ4n) is 1.59. The Kier molecular flexibility index (Phi) is 4.89. The van der Waals surface area contributed by atoms with Crippen LogP contribution in [0, 0.1) is 0 Å². The molecule has 2 rings (SSSR count). The topological polar surface area (TPSA) is 9.23 Å². The van der Waals surface area contributed by atoms with Crippen molar-refractivity contribution in [1.29, 1.82) is 0 Å². The first-order valence-corrected chi connectivity index (χ1v) is 6.38. The lowest BCUT2D eigenvalue weighted by atomic mass is 10.1. The number of rotatable bonds is 2. The Morgan fingerprint density at radius 2 is 2.27 bits per heavy atom. The predicted octanol–water partition coefficient (Wildman–Crippen LogP) is 4.39. The third-order valence-electron chi connectivity index (χ3n) is 2.69. The molecule has 0 amide bonds. The number of fused-ring (bicyclic) bond motifs is 1. The molecule has 15 heavy (non-hydrogen) atoms. The molecule has 1 aliphatic heterocycles. The van der Waals surface area contributed by atoms with Crippen LogP contribution in [-0.4, -0.2) is 6.61 Å². The van der Waals surface area contributed by atoms with Crippen LogP contribution in [0.3, 0.4) is 0 Å². The van der Waals surface area contributed by atoms with Crippen molar-refractivity contribution in [3.05, 3.63) is 29.0 Å². The Labute approximate surface area is 96.8 Å². The van der Waals surface area contributed by atoms with Crippen molar-refractivity contribution in [3.63, 3.8) is 0 Å². The van der Waals surface area contributed by atoms with Gasteiger partial charge in [-0.3, -0.25) is 0 Å². The Hall–Kier alpha value is -0.760. The van der Waals surface area contributed by atoms with Gasteiger partial charge in [0.1, 0.15) is 5.75 Å². The van der Waals surface area contributed by atoms with Gasteiger partial charge in [0, 0.05) is 9.75 Å². The third kappa shape index (κ3) is 2.85. The van der Waals surface area contributed by atoms with Gasteiger partial charge in [-0.15, -0.1) is 24.5 Å². The van der Waals surface area contributed by atoms with Crippen molar-refractivity contribution in [1.82, 2.24) is 0 Å². The smallest absolute Gasteiger partial charge is 0.133 e. The van der Waals surface area contributed by atoms with Gasteiger partial charge < -0.3 is 4.74 Å². The van der Waals surface area contributed by atoms with Crippen LogP contribution in [0.5, 0.6) is 5.75 Å². The highest BCUT2D eigenvalue weighted by atomic mass is 32.1. The van der Waals surface area contributed by atoms with Gasteiger partial charge in [0.25, 0.3) is 0 Å². The summed E-state index contributed by atoms with van der Waals surface area (Å²) < 4.78 is 5.61. The fraction of sp³-hybridized carbons (Fsp3) is 0.538. The normalized spacial score (nSPS) is 15.6. The van der Waals surface area contributed by atoms with Crippen molar-refractivity contribution in [2.45, 2.75) is 39.0 Å². The second kappa shape index (κ2) is 5.96. The quantitative estimate of drug-likeness (QED) is 0.677. The molecular weight excluding hydrogens is 204 g/mol. The third-order valence-corrected chi connectivity index (χ3v) is 4.10. The minimum Gasteiger partial charge on any atom is -0.492 e. The summed E-state index contributed by atoms with van der Waals surface area (Å²) >= 11 is 1.94. The molecule has 0 unspecified atom stereocenters. The summed E-state index contributed by atoms with van der Waals surface area (Å²) in [5.41, 5.74) is 0. The summed E-state index contributed by atoms with van der Waals surface area (Å²) in [7, 11) is 0. The molecule has 0 N–H and O–H groups in total. The maximum Gasteiger partial charge on any atom is 0.133 e. The van der Waals surface area contributed by atoms with E-state index < -0.39 is 0 Å². The Morgan fingerprint density at radius 3 is 2.87 bits per heavy atom. The zero-order chi connectivity index (χ0) is 11.3. The monoisotopic (exact) mass is 224 g/mol. The zero-order valence-electron chi connectivity index (χ0n) is 9.71. The largest absolute Gasteiger partial charge is 0.492 e. The van der Waals surface area contributed by atoms with Gasteiger partial charge in [0.2, 0.25) is 0 Å². The first-order chi connectivity index (χ1) is 7.31. The van der Waals surface area contributed by atoms with E-state index in [1.807, 2.05) is 11.3 Å². The average Bonchev–Trinajstić information content (AvgIpc) is 2.74. The van der Waals surface area contributed by atoms with E-state index in [1.54, 1.807) is 0 Å². The molecule has 0 aromatic carbocycles. The number of hydrogen-bond acceptors (Lipinski definition) is 2. The van der Waals surface area contributed by atoms with Crippen LogP contribution in [0.1, 0.15) is 42.4 Å². The maximum absolute atomic E-state index is 5.61. The van der Waals surface area contributed by atoms with Gasteiger partial charge >= 0.3 is 0 Å². The highest BCUT2D eigenvalue weighted by molar-refractivity contribution is 7.12. The molecular formula is C13H20OS. The van der Waals surface area contributed by atoms with E-state index in [-0.39, 0.29) is 0 Å². The van der Waals surface area contributed by atoms with E-state index >= 15 is 0 Å². The number of aryl methyl sites for hydroxylation is 1. The van der Waals surface area contributed by atoms with Crippen molar-refractivity contribution in [2.24, 2.45) is 0 Å². The summed E-state index contributed by atoms with van der Waals surface area (Å²) in [6, 6.07) is 2.24. The van der Waals surface area contributed by atoms with E-state index in [1.165, 1.54) is 29.0 Å². The molecule has 2 heterocycles. The van der Waals surface area contributed by atoms with Crippen LogP contribution < -0.4 is 4.74 Å². The standard InChI is InChI=1S/C11H16OS.C2H4/c1-3-8(2)11-7-9-10(13-11)5-4-6-12-9;1-2/h7-8H,3-6H2,1-2H3;1-2H2/t8-;/m1./s1. The van der Waals surface area contributed by atoms with E-state index in [0.29, 0.717) is 5.92 Å². The lowest BCUT2D eigenvalue weighted by Crippen LogP contribution is -2.04. The lowest BCUT2D eigenvalue weighted by Gasteiger charge is -2.11. The minimum atomic E-state index is 0.694. The Bertz CT molecular complexity index is 280. The zero-order valence-corrected chi connectivity index (χ0v) is 10.5. The SMILES string of the molecule is C=C.CC[C@@H](C)c1cc2c(s1)CCCO2. The van der Waals surface area contributed by atoms with Crippen LogP contribution in [0.4, 0.5) is 0 Å². The number of thiophene rings is 1. The highest BCUT2D eigenvalue weighted by Gasteiger charge is 2.16. The molecule has 1 aliphatic rings. The molecule has 1 nitrogen and oxygen atoms in total. The predicted molar refractivity (Wildman–Crippen MR) is 68.1 cm³/mol. The number of ether oxygens (including phenoxy) is 1. The first kappa shape index (κ1) is 12.3. The van der Waals surface area contributed by atoms with E-state index in [2.05, 4.69) is 33.1 Å². The van der Waals surface area contributed by atoms with E-state index in [9.17, 15) is 0 Å². The van der Waals surface area contributed by atoms with Gasteiger partial charge in [0.05, 0.1) is 6.61 Å². The highest BCUT2D eigenvalue weighted by Crippen LogP contribution is 2.37. The van der Waals surface area contributed by atoms with Crippen molar-refractivity contribution in [3.8, 4) is 5.75 Å². The molecule has 1 aromatic rings. The fourth-order valence-corrected chi connectivity index (χ4v) is 2.87. The maximum atomic E-state index is 5.61. The van der Waals surface area contributed by atoms with E-state index in [4.69, 9.17) is 4.74 Å². The summed E-state index contributed by atoms with van der Waals surface area (Å²) in [4.78, 5) is 2.95. The molecule has 2 heteroatoms. The van der Waals surface area contributed by atoms with Gasteiger partial charge in [-0.05, 0) is 31.2 Å². The summed E-state index contributed by atoms with van der Waals surface area (Å²) in [6.07, 6.45) is 3.63. The second-order valence-electron chi connectivity index (χ2n) is 3.70. The van der Waals surface area contributed by atoms with Crippen molar-refractivity contribution >= 4 is 11.3 Å². The van der Waals surface area contributed by atoms with Gasteiger partial charge in [-0.2, -0.15) is 0 Å². The summed E-state index contributed by atoms with van der Waals surface area (Å²) in [5.74, 6) is 1.85. The van der Waals surface area contributed by atoms with Crippen LogP contribution in [0.2, 0.25) is 0 Å². The van der Waals surface area contributed by atoms with Crippen LogP contribution in [-0.2, 0) is 6.42 Å². The molecule has 0 fully saturated rings. The Balaban J connectivity index is 0.000000531. The van der Waals surface area contributed by atoms with Gasteiger partial charge in [0.15, 0.2) is 0 Å². The molecule has 1 aromatic heterocycles. The first-order valence-electron chi connectivity index (χ1n) is 5.56. The summed E-state index contributed by atoms with van der Waals surface area (Å²) in [5, 5.41) is 0. The molecule has 84 valence electrons. The van der Waals surface area contributed by atoms with Crippen molar-refractivity contribution in [2.75, 3.05) is 6.61 Å². The van der Waals surface area contributed by atoms with Crippen LogP contribution >= 0.6 is 11.3 Å². The van der Waals surface area contributed by atoms with Crippen LogP contribution in [0.25, 0.3) is 0 Å². The van der Waals surface area contributed by atoms with Crippen LogP contribution in [0.15, 0.2) is 19.2 Å². The van der Waals surface area contributed by atoms with Crippen molar-refractivity contribution < 1.29 is 4.74 Å². The van der Waals surface area contributed by atoms with Gasteiger partial charge in [-0.25, -0.2) is 0 Å². The average molecular weight is 224 g/mol. The van der Waals surface area contributed by atoms with Gasteiger partial charge in [-0.1, -0.05) is 13.8 Å².